The zero-order valence-electron chi connectivity index (χ0n) is 11.5. The molecule has 2 amide bonds. The number of rotatable bonds is 3. The molecule has 3 rings (SSSR count). The van der Waals surface area contributed by atoms with Crippen molar-refractivity contribution in [1.29, 1.82) is 0 Å². The number of thiophene rings is 1. The van der Waals surface area contributed by atoms with Crippen molar-refractivity contribution in [2.45, 2.75) is 19.3 Å². The number of piperidine rings is 1. The molecule has 1 N–H and O–H groups in total. The van der Waals surface area contributed by atoms with Crippen molar-refractivity contribution in [3.05, 3.63) is 46.7 Å². The Labute approximate surface area is 127 Å². The van der Waals surface area contributed by atoms with Crippen molar-refractivity contribution in [2.24, 2.45) is 0 Å². The van der Waals surface area contributed by atoms with Gasteiger partial charge in [0.25, 0.3) is 5.91 Å². The van der Waals surface area contributed by atoms with Crippen LogP contribution >= 0.6 is 11.3 Å². The van der Waals surface area contributed by atoms with Crippen molar-refractivity contribution in [2.75, 3.05) is 16.8 Å². The van der Waals surface area contributed by atoms with E-state index in [0.29, 0.717) is 12.0 Å². The molecule has 1 fully saturated rings. The summed E-state index contributed by atoms with van der Waals surface area (Å²) in [5.74, 6) is 0.0642. The molecule has 5 heteroatoms. The second kappa shape index (κ2) is 6.10. The molecule has 108 valence electrons. The third-order valence-corrected chi connectivity index (χ3v) is 4.23. The van der Waals surface area contributed by atoms with E-state index in [1.54, 1.807) is 6.07 Å². The van der Waals surface area contributed by atoms with Crippen LogP contribution in [0.5, 0.6) is 0 Å². The van der Waals surface area contributed by atoms with Gasteiger partial charge in [0.05, 0.1) is 5.56 Å². The number of carbonyl (C=O) groups is 2. The third-order valence-electron chi connectivity index (χ3n) is 3.54. The lowest BCUT2D eigenvalue weighted by Gasteiger charge is -2.26. The number of carbonyl (C=O) groups excluding carboxylic acids is 2. The fourth-order valence-electron chi connectivity index (χ4n) is 2.40. The standard InChI is InChI=1S/C16H16N2O2S/c19-15-3-1-2-9-18(15)14-6-4-13(5-7-14)17-16(20)12-8-10-21-11-12/h4-8,10-11H,1-3,9H2,(H,17,20). The van der Waals surface area contributed by atoms with E-state index >= 15 is 0 Å². The monoisotopic (exact) mass is 300 g/mol. The maximum absolute atomic E-state index is 11.9. The molecule has 0 unspecified atom stereocenters. The second-order valence-corrected chi connectivity index (χ2v) is 5.80. The number of hydrogen-bond acceptors (Lipinski definition) is 3. The van der Waals surface area contributed by atoms with Gasteiger partial charge in [-0.2, -0.15) is 11.3 Å². The topological polar surface area (TPSA) is 49.4 Å². The minimum absolute atomic E-state index is 0.113. The minimum Gasteiger partial charge on any atom is -0.322 e. The van der Waals surface area contributed by atoms with Gasteiger partial charge in [-0.05, 0) is 48.6 Å². The summed E-state index contributed by atoms with van der Waals surface area (Å²) in [6, 6.07) is 9.22. The number of nitrogens with one attached hydrogen (secondary N) is 1. The Kier molecular flexibility index (Phi) is 4.01. The van der Waals surface area contributed by atoms with E-state index < -0.39 is 0 Å². The summed E-state index contributed by atoms with van der Waals surface area (Å²) in [5, 5.41) is 6.54. The third kappa shape index (κ3) is 3.13. The lowest BCUT2D eigenvalue weighted by molar-refractivity contribution is -0.119. The van der Waals surface area contributed by atoms with E-state index in [0.717, 1.165) is 30.8 Å². The molecule has 1 aliphatic rings. The first kappa shape index (κ1) is 13.8. The predicted molar refractivity (Wildman–Crippen MR) is 84.9 cm³/mol. The van der Waals surface area contributed by atoms with Crippen LogP contribution in [0.3, 0.4) is 0 Å². The molecule has 0 aliphatic carbocycles. The van der Waals surface area contributed by atoms with Gasteiger partial charge in [0, 0.05) is 29.7 Å². The van der Waals surface area contributed by atoms with E-state index in [1.165, 1.54) is 11.3 Å². The molecule has 2 aromatic rings. The van der Waals surface area contributed by atoms with Crippen LogP contribution in [0.25, 0.3) is 0 Å². The lowest BCUT2D eigenvalue weighted by Crippen LogP contribution is -2.35. The highest BCUT2D eigenvalue weighted by Gasteiger charge is 2.19. The Bertz CT molecular complexity index is 635. The minimum atomic E-state index is -0.113. The van der Waals surface area contributed by atoms with Gasteiger partial charge in [-0.25, -0.2) is 0 Å². The first-order valence-corrected chi connectivity index (χ1v) is 7.92. The Morgan fingerprint density at radius 2 is 1.95 bits per heavy atom. The molecular weight excluding hydrogens is 284 g/mol. The molecular formula is C16H16N2O2S. The van der Waals surface area contributed by atoms with Gasteiger partial charge in [0.15, 0.2) is 0 Å². The summed E-state index contributed by atoms with van der Waals surface area (Å²) < 4.78 is 0. The van der Waals surface area contributed by atoms with E-state index in [-0.39, 0.29) is 11.8 Å². The Morgan fingerprint density at radius 3 is 2.62 bits per heavy atom. The maximum atomic E-state index is 11.9. The number of benzene rings is 1. The number of hydrogen-bond donors (Lipinski definition) is 1. The predicted octanol–water partition coefficient (Wildman–Crippen LogP) is 3.52. The van der Waals surface area contributed by atoms with Gasteiger partial charge in [-0.1, -0.05) is 0 Å². The average Bonchev–Trinajstić information content (AvgIpc) is 3.03. The van der Waals surface area contributed by atoms with E-state index in [1.807, 2.05) is 39.9 Å². The second-order valence-electron chi connectivity index (χ2n) is 5.02. The zero-order chi connectivity index (χ0) is 14.7. The molecule has 0 spiro atoms. The molecule has 21 heavy (non-hydrogen) atoms. The molecule has 1 aromatic carbocycles. The number of amides is 2. The van der Waals surface area contributed by atoms with Crippen molar-refractivity contribution < 1.29 is 9.59 Å². The Balaban J connectivity index is 1.69. The van der Waals surface area contributed by atoms with Crippen molar-refractivity contribution >= 4 is 34.5 Å². The van der Waals surface area contributed by atoms with E-state index in [4.69, 9.17) is 0 Å². The number of anilines is 2. The molecule has 0 radical (unpaired) electrons. The average molecular weight is 300 g/mol. The van der Waals surface area contributed by atoms with E-state index in [9.17, 15) is 9.59 Å². The highest BCUT2D eigenvalue weighted by molar-refractivity contribution is 7.08. The normalized spacial score (nSPS) is 15.0. The molecule has 2 heterocycles. The lowest BCUT2D eigenvalue weighted by atomic mass is 10.1. The van der Waals surface area contributed by atoms with E-state index in [2.05, 4.69) is 5.32 Å². The van der Waals surface area contributed by atoms with Gasteiger partial charge in [0.2, 0.25) is 5.91 Å². The molecule has 1 aliphatic heterocycles. The van der Waals surface area contributed by atoms with Crippen LogP contribution in [0.15, 0.2) is 41.1 Å². The fraction of sp³-hybridized carbons (Fsp3) is 0.250. The number of nitrogens with zero attached hydrogens (tertiary/aromatic N) is 1. The van der Waals surface area contributed by atoms with Crippen LogP contribution < -0.4 is 10.2 Å². The summed E-state index contributed by atoms with van der Waals surface area (Å²) in [5.41, 5.74) is 2.29. The molecule has 1 saturated heterocycles. The summed E-state index contributed by atoms with van der Waals surface area (Å²) >= 11 is 1.49. The molecule has 0 atom stereocenters. The van der Waals surface area contributed by atoms with Crippen molar-refractivity contribution in [3.8, 4) is 0 Å². The van der Waals surface area contributed by atoms with Gasteiger partial charge in [-0.3, -0.25) is 9.59 Å². The van der Waals surface area contributed by atoms with Crippen molar-refractivity contribution in [3.63, 3.8) is 0 Å². The molecule has 0 saturated carbocycles. The summed E-state index contributed by atoms with van der Waals surface area (Å²) in [4.78, 5) is 25.6. The highest BCUT2D eigenvalue weighted by atomic mass is 32.1. The molecule has 0 bridgehead atoms. The Morgan fingerprint density at radius 1 is 1.14 bits per heavy atom. The molecule has 4 nitrogen and oxygen atoms in total. The van der Waals surface area contributed by atoms with Gasteiger partial charge in [-0.15, -0.1) is 0 Å². The van der Waals surface area contributed by atoms with Gasteiger partial charge in [0.1, 0.15) is 0 Å². The summed E-state index contributed by atoms with van der Waals surface area (Å²) in [7, 11) is 0. The summed E-state index contributed by atoms with van der Waals surface area (Å²) in [6.45, 7) is 0.777. The summed E-state index contributed by atoms with van der Waals surface area (Å²) in [6.07, 6.45) is 2.64. The molecule has 1 aromatic heterocycles. The van der Waals surface area contributed by atoms with Crippen LogP contribution in [0.2, 0.25) is 0 Å². The maximum Gasteiger partial charge on any atom is 0.256 e. The van der Waals surface area contributed by atoms with Crippen LogP contribution in [0.4, 0.5) is 11.4 Å². The smallest absolute Gasteiger partial charge is 0.256 e. The highest BCUT2D eigenvalue weighted by Crippen LogP contribution is 2.23. The first-order valence-electron chi connectivity index (χ1n) is 6.98. The van der Waals surface area contributed by atoms with Crippen molar-refractivity contribution in [1.82, 2.24) is 0 Å². The van der Waals surface area contributed by atoms with Crippen LogP contribution in [-0.2, 0) is 4.79 Å². The SMILES string of the molecule is O=C(Nc1ccc(N2CCCCC2=O)cc1)c1ccsc1. The quantitative estimate of drug-likeness (QED) is 0.943. The fourth-order valence-corrected chi connectivity index (χ4v) is 3.04. The zero-order valence-corrected chi connectivity index (χ0v) is 12.4. The Hall–Kier alpha value is -2.14. The first-order chi connectivity index (χ1) is 10.2. The van der Waals surface area contributed by atoms with Crippen LogP contribution in [0, 0.1) is 0 Å². The van der Waals surface area contributed by atoms with Crippen LogP contribution in [0.1, 0.15) is 29.6 Å². The van der Waals surface area contributed by atoms with Gasteiger partial charge < -0.3 is 10.2 Å². The van der Waals surface area contributed by atoms with Crippen LogP contribution in [-0.4, -0.2) is 18.4 Å². The largest absolute Gasteiger partial charge is 0.322 e. The van der Waals surface area contributed by atoms with Gasteiger partial charge >= 0.3 is 0 Å².